The zero-order chi connectivity index (χ0) is 18.7. The van der Waals surface area contributed by atoms with Gasteiger partial charge in [-0.05, 0) is 29.7 Å². The third-order valence-electron chi connectivity index (χ3n) is 4.03. The summed E-state index contributed by atoms with van der Waals surface area (Å²) in [6.45, 7) is 0. The molecule has 0 unspecified atom stereocenters. The monoisotopic (exact) mass is 367 g/mol. The van der Waals surface area contributed by atoms with E-state index in [1.165, 1.54) is 14.2 Å². The average molecular weight is 367 g/mol. The van der Waals surface area contributed by atoms with Crippen molar-refractivity contribution in [2.24, 2.45) is 0 Å². The lowest BCUT2D eigenvalue weighted by Crippen LogP contribution is -2.19. The van der Waals surface area contributed by atoms with Crippen LogP contribution in [0.3, 0.4) is 0 Å². The topological polar surface area (TPSA) is 72.5 Å². The molecule has 0 aliphatic carbocycles. The fourth-order valence-electron chi connectivity index (χ4n) is 2.81. The predicted molar refractivity (Wildman–Crippen MR) is 99.8 cm³/mol. The van der Waals surface area contributed by atoms with Gasteiger partial charge in [0.1, 0.15) is 0 Å². The number of methoxy groups -OCH3 is 1. The number of hydrogen-bond acceptors (Lipinski definition) is 4. The smallest absolute Gasteiger partial charge is 0.338 e. The van der Waals surface area contributed by atoms with Crippen LogP contribution in [0.1, 0.15) is 20.7 Å². The van der Waals surface area contributed by atoms with Crippen LogP contribution in [-0.2, 0) is 15.5 Å². The number of fused-ring (bicyclic) bond motifs is 1. The summed E-state index contributed by atoms with van der Waals surface area (Å²) in [5, 5.41) is 3.89. The maximum absolute atomic E-state index is 13.3. The first-order valence-corrected chi connectivity index (χ1v) is 9.06. The van der Waals surface area contributed by atoms with E-state index in [1.54, 1.807) is 48.5 Å². The van der Waals surface area contributed by atoms with E-state index < -0.39 is 16.8 Å². The maximum atomic E-state index is 13.3. The molecular weight excluding hydrogens is 350 g/mol. The van der Waals surface area contributed by atoms with E-state index in [1.807, 2.05) is 12.1 Å². The Morgan fingerprint density at radius 3 is 2.19 bits per heavy atom. The highest BCUT2D eigenvalue weighted by atomic mass is 32.2. The Hall–Kier alpha value is -2.99. The summed E-state index contributed by atoms with van der Waals surface area (Å²) in [5.74, 6) is -0.818. The molecule has 0 aromatic heterocycles. The number of rotatable bonds is 4. The van der Waals surface area contributed by atoms with Gasteiger partial charge < -0.3 is 10.1 Å². The number of benzene rings is 3. The summed E-state index contributed by atoms with van der Waals surface area (Å²) in [5.41, 5.74) is 0.673. The van der Waals surface area contributed by atoms with E-state index in [9.17, 15) is 13.8 Å². The molecule has 0 radical (unpaired) electrons. The van der Waals surface area contributed by atoms with E-state index >= 15 is 0 Å². The standard InChI is InChI=1S/C20H17NO4S/c1-21-19(22)14-9-3-4-11-16(14)26(24)17-12-6-8-13-7-5-10-15(18(13)17)20(23)25-2/h3-12H,1-2H3,(H,21,22)/t26-/m1/s1. The molecule has 0 bridgehead atoms. The molecule has 0 aliphatic heterocycles. The Kier molecular flexibility index (Phi) is 5.14. The Morgan fingerprint density at radius 1 is 0.885 bits per heavy atom. The number of esters is 1. The number of ether oxygens (including phenoxy) is 1. The predicted octanol–water partition coefficient (Wildman–Crippen LogP) is 3.15. The quantitative estimate of drug-likeness (QED) is 0.719. The van der Waals surface area contributed by atoms with Crippen LogP contribution in [0, 0.1) is 0 Å². The SMILES string of the molecule is CNC(=O)c1ccccc1[S@@](=O)c1cccc2cccc(C(=O)OC)c12. The molecule has 5 nitrogen and oxygen atoms in total. The van der Waals surface area contributed by atoms with E-state index in [4.69, 9.17) is 4.74 Å². The van der Waals surface area contributed by atoms with Gasteiger partial charge in [-0.25, -0.2) is 9.00 Å². The normalized spacial score (nSPS) is 11.8. The summed E-state index contributed by atoms with van der Waals surface area (Å²) in [7, 11) is 1.18. The lowest BCUT2D eigenvalue weighted by molar-refractivity contribution is 0.0602. The van der Waals surface area contributed by atoms with Crippen LogP contribution in [0.2, 0.25) is 0 Å². The van der Waals surface area contributed by atoms with Gasteiger partial charge in [-0.1, -0.05) is 36.4 Å². The molecule has 3 rings (SSSR count). The summed E-state index contributed by atoms with van der Waals surface area (Å²) >= 11 is 0. The molecule has 6 heteroatoms. The van der Waals surface area contributed by atoms with Gasteiger partial charge in [0, 0.05) is 12.4 Å². The van der Waals surface area contributed by atoms with E-state index in [-0.39, 0.29) is 5.91 Å². The Labute approximate surface area is 153 Å². The van der Waals surface area contributed by atoms with Crippen molar-refractivity contribution in [2.75, 3.05) is 14.2 Å². The molecule has 1 N–H and O–H groups in total. The lowest BCUT2D eigenvalue weighted by Gasteiger charge is -2.12. The molecular formula is C20H17NO4S. The van der Waals surface area contributed by atoms with Gasteiger partial charge in [-0.3, -0.25) is 4.79 Å². The first kappa shape index (κ1) is 17.8. The molecule has 26 heavy (non-hydrogen) atoms. The second-order valence-electron chi connectivity index (χ2n) is 5.50. The minimum absolute atomic E-state index is 0.317. The summed E-state index contributed by atoms with van der Waals surface area (Å²) in [6, 6.07) is 17.3. The van der Waals surface area contributed by atoms with Crippen LogP contribution in [0.5, 0.6) is 0 Å². The first-order chi connectivity index (χ1) is 12.6. The van der Waals surface area contributed by atoms with Crippen molar-refractivity contribution in [3.8, 4) is 0 Å². The molecule has 0 fully saturated rings. The van der Waals surface area contributed by atoms with Gasteiger partial charge >= 0.3 is 5.97 Å². The fourth-order valence-corrected chi connectivity index (χ4v) is 4.23. The van der Waals surface area contributed by atoms with E-state index in [0.29, 0.717) is 26.3 Å². The molecule has 3 aromatic rings. The van der Waals surface area contributed by atoms with Crippen LogP contribution in [0.15, 0.2) is 70.5 Å². The third kappa shape index (κ3) is 3.11. The van der Waals surface area contributed by atoms with Crippen molar-refractivity contribution < 1.29 is 18.5 Å². The zero-order valence-electron chi connectivity index (χ0n) is 14.3. The Morgan fingerprint density at radius 2 is 1.50 bits per heavy atom. The van der Waals surface area contributed by atoms with Crippen molar-refractivity contribution in [1.29, 1.82) is 0 Å². The highest BCUT2D eigenvalue weighted by Gasteiger charge is 2.21. The lowest BCUT2D eigenvalue weighted by atomic mass is 10.0. The molecule has 0 heterocycles. The molecule has 1 atom stereocenters. The molecule has 0 aliphatic rings. The molecule has 3 aromatic carbocycles. The minimum atomic E-state index is -1.65. The van der Waals surface area contributed by atoms with Crippen LogP contribution in [0.4, 0.5) is 0 Å². The Bertz CT molecular complexity index is 1020. The number of hydrogen-bond donors (Lipinski definition) is 1. The first-order valence-electron chi connectivity index (χ1n) is 7.91. The number of carbonyl (C=O) groups is 2. The van der Waals surface area contributed by atoms with Crippen LogP contribution in [-0.4, -0.2) is 30.2 Å². The molecule has 0 saturated carbocycles. The van der Waals surface area contributed by atoms with Gasteiger partial charge in [0.05, 0.1) is 38.8 Å². The van der Waals surface area contributed by atoms with Crippen LogP contribution >= 0.6 is 0 Å². The maximum Gasteiger partial charge on any atom is 0.338 e. The molecule has 0 saturated heterocycles. The number of nitrogens with one attached hydrogen (secondary N) is 1. The van der Waals surface area contributed by atoms with Gasteiger partial charge in [0.25, 0.3) is 5.91 Å². The third-order valence-corrected chi connectivity index (χ3v) is 5.53. The number of carbonyl (C=O) groups excluding carboxylic acids is 2. The van der Waals surface area contributed by atoms with E-state index in [0.717, 1.165) is 5.39 Å². The van der Waals surface area contributed by atoms with Gasteiger partial charge in [-0.2, -0.15) is 0 Å². The van der Waals surface area contributed by atoms with Crippen molar-refractivity contribution in [1.82, 2.24) is 5.32 Å². The highest BCUT2D eigenvalue weighted by molar-refractivity contribution is 7.85. The Balaban J connectivity index is 2.26. The van der Waals surface area contributed by atoms with Crippen LogP contribution < -0.4 is 5.32 Å². The molecule has 1 amide bonds. The zero-order valence-corrected chi connectivity index (χ0v) is 15.1. The van der Waals surface area contributed by atoms with Crippen molar-refractivity contribution in [2.45, 2.75) is 9.79 Å². The average Bonchev–Trinajstić information content (AvgIpc) is 2.71. The van der Waals surface area contributed by atoms with Crippen molar-refractivity contribution in [3.05, 3.63) is 71.8 Å². The summed E-state index contributed by atoms with van der Waals surface area (Å²) in [4.78, 5) is 25.2. The molecule has 132 valence electrons. The van der Waals surface area contributed by atoms with E-state index in [2.05, 4.69) is 5.32 Å². The second kappa shape index (κ2) is 7.49. The number of amides is 1. The van der Waals surface area contributed by atoms with Crippen molar-refractivity contribution in [3.63, 3.8) is 0 Å². The van der Waals surface area contributed by atoms with Gasteiger partial charge in [-0.15, -0.1) is 0 Å². The van der Waals surface area contributed by atoms with Crippen LogP contribution in [0.25, 0.3) is 10.8 Å². The van der Waals surface area contributed by atoms with Gasteiger partial charge in [0.2, 0.25) is 0 Å². The van der Waals surface area contributed by atoms with Gasteiger partial charge in [0.15, 0.2) is 0 Å². The summed E-state index contributed by atoms with van der Waals surface area (Å²) < 4.78 is 18.2. The van der Waals surface area contributed by atoms with Crippen molar-refractivity contribution >= 4 is 33.4 Å². The minimum Gasteiger partial charge on any atom is -0.465 e. The molecule has 0 spiro atoms. The fraction of sp³-hybridized carbons (Fsp3) is 0.100. The summed E-state index contributed by atoms with van der Waals surface area (Å²) in [6.07, 6.45) is 0. The largest absolute Gasteiger partial charge is 0.465 e. The highest BCUT2D eigenvalue weighted by Crippen LogP contribution is 2.30. The second-order valence-corrected chi connectivity index (χ2v) is 6.91.